The molecule has 0 amide bonds. The molecule has 11 aromatic carbocycles. The summed E-state index contributed by atoms with van der Waals surface area (Å²) in [5.74, 6) is 1.88. The summed E-state index contributed by atoms with van der Waals surface area (Å²) in [5.41, 5.74) is 8.42. The molecule has 13 aromatic rings. The van der Waals surface area contributed by atoms with Crippen LogP contribution in [-0.2, 0) is 0 Å². The second-order valence-electron chi connectivity index (χ2n) is 16.4. The molecule has 0 saturated carbocycles. The highest BCUT2D eigenvalue weighted by Crippen LogP contribution is 2.46. The Bertz CT molecular complexity index is 3870. The Morgan fingerprint density at radius 2 is 0.714 bits per heavy atom. The minimum Gasteiger partial charge on any atom is -0.309 e. The summed E-state index contributed by atoms with van der Waals surface area (Å²) in [6, 6.07) is 78.4. The van der Waals surface area contributed by atoms with Crippen molar-refractivity contribution in [2.45, 2.75) is 0 Å². The predicted molar refractivity (Wildman–Crippen MR) is 263 cm³/mol. The van der Waals surface area contributed by atoms with Gasteiger partial charge in [-0.15, -0.1) is 0 Å². The number of benzene rings is 11. The van der Waals surface area contributed by atoms with Gasteiger partial charge < -0.3 is 4.57 Å². The van der Waals surface area contributed by atoms with E-state index in [1.54, 1.807) is 0 Å². The fourth-order valence-corrected chi connectivity index (χ4v) is 9.85. The molecule has 0 bridgehead atoms. The summed E-state index contributed by atoms with van der Waals surface area (Å²) in [5, 5.41) is 14.0. The summed E-state index contributed by atoms with van der Waals surface area (Å²) in [6.45, 7) is 0. The van der Waals surface area contributed by atoms with Crippen molar-refractivity contribution < 1.29 is 0 Å². The Labute approximate surface area is 363 Å². The van der Waals surface area contributed by atoms with Crippen LogP contribution in [0.2, 0.25) is 0 Å². The second-order valence-corrected chi connectivity index (χ2v) is 16.4. The van der Waals surface area contributed by atoms with E-state index in [-0.39, 0.29) is 0 Å². The van der Waals surface area contributed by atoms with Crippen LogP contribution >= 0.6 is 0 Å². The minimum absolute atomic E-state index is 0.622. The fraction of sp³-hybridized carbons (Fsp3) is 0. The predicted octanol–water partition coefficient (Wildman–Crippen LogP) is 15.4. The average Bonchev–Trinajstić information content (AvgIpc) is 3.65. The standard InChI is InChI=1S/C59H36N4/c1-2-18-39(19-3-1)57-60-58(49-31-15-25-38-17-9-11-27-45(38)49)62-59(61-57)56-48-29-13-12-28-47(48)55(36-52(56)46-30-14-24-37-16-8-10-26-44(37)46)63-53-34-42-22-6-4-20-40(42)32-50(53)51-33-41-21-5-7-23-43(41)35-54(51)63/h1-36H. The van der Waals surface area contributed by atoms with E-state index in [4.69, 9.17) is 15.0 Å². The van der Waals surface area contributed by atoms with Gasteiger partial charge in [0.25, 0.3) is 0 Å². The molecule has 63 heavy (non-hydrogen) atoms. The zero-order chi connectivity index (χ0) is 41.4. The van der Waals surface area contributed by atoms with Crippen LogP contribution in [0.3, 0.4) is 0 Å². The largest absolute Gasteiger partial charge is 0.309 e. The van der Waals surface area contributed by atoms with Gasteiger partial charge >= 0.3 is 0 Å². The molecule has 0 unspecified atom stereocenters. The Morgan fingerprint density at radius 3 is 1.33 bits per heavy atom. The summed E-state index contributed by atoms with van der Waals surface area (Å²) in [4.78, 5) is 16.2. The van der Waals surface area contributed by atoms with Gasteiger partial charge in [-0.05, 0) is 89.9 Å². The number of fused-ring (bicyclic) bond motifs is 8. The highest BCUT2D eigenvalue weighted by atomic mass is 15.0. The van der Waals surface area contributed by atoms with Crippen LogP contribution in [-0.4, -0.2) is 19.5 Å². The number of nitrogens with zero attached hydrogens (tertiary/aromatic N) is 4. The molecule has 13 rings (SSSR count). The van der Waals surface area contributed by atoms with Gasteiger partial charge in [0.1, 0.15) is 0 Å². The monoisotopic (exact) mass is 800 g/mol. The molecule has 0 fully saturated rings. The number of rotatable bonds is 5. The van der Waals surface area contributed by atoms with Crippen LogP contribution < -0.4 is 0 Å². The Kier molecular flexibility index (Phi) is 7.87. The van der Waals surface area contributed by atoms with E-state index in [9.17, 15) is 0 Å². The summed E-state index contributed by atoms with van der Waals surface area (Å²) in [6.07, 6.45) is 0. The molecule has 0 N–H and O–H groups in total. The van der Waals surface area contributed by atoms with Crippen molar-refractivity contribution in [1.29, 1.82) is 0 Å². The Morgan fingerprint density at radius 1 is 0.270 bits per heavy atom. The lowest BCUT2D eigenvalue weighted by Crippen LogP contribution is -2.04. The average molecular weight is 801 g/mol. The normalized spacial score (nSPS) is 11.8. The Hall–Kier alpha value is -8.47. The van der Waals surface area contributed by atoms with Gasteiger partial charge in [-0.25, -0.2) is 15.0 Å². The molecule has 0 aliphatic carbocycles. The van der Waals surface area contributed by atoms with Gasteiger partial charge in [-0.1, -0.05) is 188 Å². The topological polar surface area (TPSA) is 43.6 Å². The van der Waals surface area contributed by atoms with Crippen LogP contribution in [0.15, 0.2) is 218 Å². The van der Waals surface area contributed by atoms with Crippen LogP contribution in [0.5, 0.6) is 0 Å². The lowest BCUT2D eigenvalue weighted by Gasteiger charge is -2.20. The van der Waals surface area contributed by atoms with E-state index in [0.29, 0.717) is 17.5 Å². The van der Waals surface area contributed by atoms with E-state index in [1.165, 1.54) is 37.7 Å². The summed E-state index contributed by atoms with van der Waals surface area (Å²) >= 11 is 0. The Balaban J connectivity index is 1.19. The first-order valence-electron chi connectivity index (χ1n) is 21.4. The molecular formula is C59H36N4. The van der Waals surface area contributed by atoms with E-state index < -0.39 is 0 Å². The van der Waals surface area contributed by atoms with Gasteiger partial charge in [0.2, 0.25) is 0 Å². The van der Waals surface area contributed by atoms with E-state index in [0.717, 1.165) is 71.5 Å². The van der Waals surface area contributed by atoms with Gasteiger partial charge in [0.15, 0.2) is 17.5 Å². The van der Waals surface area contributed by atoms with Crippen LogP contribution in [0.1, 0.15) is 0 Å². The third kappa shape index (κ3) is 5.66. The number of hydrogen-bond acceptors (Lipinski definition) is 3. The molecule has 0 aliphatic heterocycles. The first-order valence-corrected chi connectivity index (χ1v) is 21.4. The van der Waals surface area contributed by atoms with Crippen LogP contribution in [0.25, 0.3) is 127 Å². The highest BCUT2D eigenvalue weighted by Gasteiger charge is 2.24. The number of aromatic nitrogens is 4. The SMILES string of the molecule is c1ccc(-c2nc(-c3cccc4ccccc34)nc(-c3c(-c4cccc5ccccc45)cc(-n4c5cc6ccccc6cc5c5cc6ccccc6cc54)c4ccccc34)n2)cc1. The number of hydrogen-bond donors (Lipinski definition) is 0. The third-order valence-corrected chi connectivity index (χ3v) is 12.8. The first kappa shape index (κ1) is 35.3. The minimum atomic E-state index is 0.622. The molecule has 0 spiro atoms. The molecule has 4 nitrogen and oxygen atoms in total. The second kappa shape index (κ2) is 14.1. The van der Waals surface area contributed by atoms with Crippen molar-refractivity contribution in [3.63, 3.8) is 0 Å². The highest BCUT2D eigenvalue weighted by molar-refractivity contribution is 6.19. The van der Waals surface area contributed by atoms with Crippen molar-refractivity contribution in [3.8, 4) is 51.0 Å². The van der Waals surface area contributed by atoms with Gasteiger partial charge in [0.05, 0.1) is 16.7 Å². The van der Waals surface area contributed by atoms with E-state index in [2.05, 4.69) is 205 Å². The lowest BCUT2D eigenvalue weighted by molar-refractivity contribution is 1.08. The molecule has 4 heteroatoms. The van der Waals surface area contributed by atoms with Crippen molar-refractivity contribution in [1.82, 2.24) is 19.5 Å². The maximum absolute atomic E-state index is 5.50. The zero-order valence-corrected chi connectivity index (χ0v) is 34.1. The van der Waals surface area contributed by atoms with E-state index in [1.807, 2.05) is 18.2 Å². The molecule has 292 valence electrons. The van der Waals surface area contributed by atoms with Crippen LogP contribution in [0.4, 0.5) is 0 Å². The molecule has 0 saturated heterocycles. The maximum Gasteiger partial charge on any atom is 0.165 e. The fourth-order valence-electron chi connectivity index (χ4n) is 9.85. The van der Waals surface area contributed by atoms with Gasteiger partial charge in [-0.2, -0.15) is 0 Å². The molecular weight excluding hydrogens is 765 g/mol. The van der Waals surface area contributed by atoms with Crippen molar-refractivity contribution in [3.05, 3.63) is 218 Å². The molecule has 2 heterocycles. The molecule has 0 aliphatic rings. The quantitative estimate of drug-likeness (QED) is 0.174. The van der Waals surface area contributed by atoms with Crippen molar-refractivity contribution >= 4 is 75.7 Å². The summed E-state index contributed by atoms with van der Waals surface area (Å²) in [7, 11) is 0. The van der Waals surface area contributed by atoms with Gasteiger partial charge in [0, 0.05) is 32.8 Å². The molecule has 0 atom stereocenters. The zero-order valence-electron chi connectivity index (χ0n) is 34.1. The van der Waals surface area contributed by atoms with E-state index >= 15 is 0 Å². The maximum atomic E-state index is 5.50. The smallest absolute Gasteiger partial charge is 0.165 e. The van der Waals surface area contributed by atoms with Gasteiger partial charge in [-0.3, -0.25) is 0 Å². The molecule has 0 radical (unpaired) electrons. The lowest BCUT2D eigenvalue weighted by atomic mass is 9.89. The van der Waals surface area contributed by atoms with Crippen molar-refractivity contribution in [2.75, 3.05) is 0 Å². The first-order chi connectivity index (χ1) is 31.2. The summed E-state index contributed by atoms with van der Waals surface area (Å²) < 4.78 is 2.49. The third-order valence-electron chi connectivity index (χ3n) is 12.8. The van der Waals surface area contributed by atoms with Crippen molar-refractivity contribution in [2.24, 2.45) is 0 Å². The van der Waals surface area contributed by atoms with Crippen LogP contribution in [0, 0.1) is 0 Å². The molecule has 2 aromatic heterocycles.